The number of aromatic carboxylic acids is 1. The highest BCUT2D eigenvalue weighted by Crippen LogP contribution is 2.27. The van der Waals surface area contributed by atoms with Gasteiger partial charge in [-0.25, -0.2) is 4.79 Å². The summed E-state index contributed by atoms with van der Waals surface area (Å²) in [7, 11) is 0. The van der Waals surface area contributed by atoms with Crippen LogP contribution in [0, 0.1) is 0 Å². The molecule has 1 aromatic heterocycles. The molecule has 13 heavy (non-hydrogen) atoms. The number of hydrogen-bond acceptors (Lipinski definition) is 2. The fourth-order valence-corrected chi connectivity index (χ4v) is 0.576. The van der Waals surface area contributed by atoms with Gasteiger partial charge >= 0.3 is 12.1 Å². The highest BCUT2D eigenvalue weighted by Gasteiger charge is 2.33. The molecule has 0 saturated carbocycles. The molecule has 0 aliphatic rings. The van der Waals surface area contributed by atoms with Crippen LogP contribution in [0.2, 0.25) is 0 Å². The molecule has 0 aromatic carbocycles. The Hall–Kier alpha value is -1.24. The van der Waals surface area contributed by atoms with Gasteiger partial charge in [-0.05, 0) is 0 Å². The number of hydrogen-bond donors (Lipinski definition) is 2. The lowest BCUT2D eigenvalue weighted by Gasteiger charge is -1.99. The van der Waals surface area contributed by atoms with Crippen molar-refractivity contribution in [1.29, 1.82) is 0 Å². The Labute approximate surface area is 76.2 Å². The average Bonchev–Trinajstić information content (AvgIpc) is 2.30. The van der Waals surface area contributed by atoms with Crippen molar-refractivity contribution in [3.63, 3.8) is 0 Å². The van der Waals surface area contributed by atoms with Crippen LogP contribution in [0.25, 0.3) is 0 Å². The molecule has 1 aromatic rings. The van der Waals surface area contributed by atoms with Gasteiger partial charge in [-0.3, -0.25) is 5.10 Å². The molecule has 74 valence electrons. The van der Waals surface area contributed by atoms with Gasteiger partial charge in [0, 0.05) is 6.07 Å². The van der Waals surface area contributed by atoms with Crippen molar-refractivity contribution in [2.24, 2.45) is 0 Å². The first kappa shape index (κ1) is 11.8. The second-order valence-corrected chi connectivity index (χ2v) is 1.97. The van der Waals surface area contributed by atoms with E-state index in [1.807, 2.05) is 0 Å². The molecular weight excluding hydrogens is 213 g/mol. The zero-order chi connectivity index (χ0) is 9.35. The van der Waals surface area contributed by atoms with Gasteiger partial charge in [-0.2, -0.15) is 18.3 Å². The van der Waals surface area contributed by atoms with Crippen LogP contribution in [0.1, 0.15) is 16.2 Å². The van der Waals surface area contributed by atoms with Crippen molar-refractivity contribution in [2.45, 2.75) is 6.18 Å². The van der Waals surface area contributed by atoms with Crippen molar-refractivity contribution in [3.8, 4) is 0 Å². The normalized spacial score (nSPS) is 10.7. The van der Waals surface area contributed by atoms with Crippen LogP contribution >= 0.6 is 12.4 Å². The number of carboxylic acid groups (broad SMARTS) is 1. The fourth-order valence-electron chi connectivity index (χ4n) is 0.576. The third-order valence-electron chi connectivity index (χ3n) is 1.10. The summed E-state index contributed by atoms with van der Waals surface area (Å²) in [5.41, 5.74) is -1.82. The number of nitrogens with zero attached hydrogens (tertiary/aromatic N) is 1. The Balaban J connectivity index is 0.00000144. The summed E-state index contributed by atoms with van der Waals surface area (Å²) in [6.45, 7) is 0. The van der Waals surface area contributed by atoms with Gasteiger partial charge in [0.2, 0.25) is 0 Å². The molecule has 0 amide bonds. The van der Waals surface area contributed by atoms with E-state index in [1.165, 1.54) is 0 Å². The third kappa shape index (κ3) is 2.62. The fraction of sp³-hybridized carbons (Fsp3) is 0.200. The number of carboxylic acids is 1. The zero-order valence-corrected chi connectivity index (χ0v) is 6.74. The number of carbonyl (C=O) groups is 1. The molecule has 1 heterocycles. The second kappa shape index (κ2) is 3.65. The smallest absolute Gasteiger partial charge is 0.432 e. The van der Waals surface area contributed by atoms with Crippen LogP contribution < -0.4 is 0 Å². The van der Waals surface area contributed by atoms with Crippen LogP contribution in [-0.2, 0) is 6.18 Å². The van der Waals surface area contributed by atoms with E-state index in [0.29, 0.717) is 6.07 Å². The number of halogens is 4. The number of H-pyrrole nitrogens is 1. The van der Waals surface area contributed by atoms with E-state index in [0.717, 1.165) is 0 Å². The van der Waals surface area contributed by atoms with Crippen LogP contribution in [-0.4, -0.2) is 21.3 Å². The molecule has 8 heteroatoms. The molecule has 0 aliphatic heterocycles. The van der Waals surface area contributed by atoms with Crippen molar-refractivity contribution in [3.05, 3.63) is 17.5 Å². The Morgan fingerprint density at radius 2 is 2.08 bits per heavy atom. The highest BCUT2D eigenvalue weighted by molar-refractivity contribution is 5.85. The van der Waals surface area contributed by atoms with E-state index >= 15 is 0 Å². The SMILES string of the molecule is Cl.O=C(O)c1cc(C(F)(F)F)[nH]n1. The summed E-state index contributed by atoms with van der Waals surface area (Å²) in [5.74, 6) is -1.50. The van der Waals surface area contributed by atoms with Gasteiger partial charge in [0.1, 0.15) is 5.69 Å². The van der Waals surface area contributed by atoms with Crippen molar-refractivity contribution >= 4 is 18.4 Å². The Morgan fingerprint density at radius 1 is 1.54 bits per heavy atom. The summed E-state index contributed by atoms with van der Waals surface area (Å²) in [6.07, 6.45) is -4.58. The zero-order valence-electron chi connectivity index (χ0n) is 5.92. The number of aromatic amines is 1. The number of rotatable bonds is 1. The van der Waals surface area contributed by atoms with Crippen LogP contribution in [0.3, 0.4) is 0 Å². The molecule has 0 unspecified atom stereocenters. The maximum atomic E-state index is 11.8. The molecule has 0 spiro atoms. The van der Waals surface area contributed by atoms with Crippen LogP contribution in [0.4, 0.5) is 13.2 Å². The van der Waals surface area contributed by atoms with E-state index in [9.17, 15) is 18.0 Å². The number of aromatic nitrogens is 2. The van der Waals surface area contributed by atoms with Gasteiger partial charge in [-0.15, -0.1) is 12.4 Å². The summed E-state index contributed by atoms with van der Waals surface area (Å²) >= 11 is 0. The standard InChI is InChI=1S/C5H3F3N2O2.ClH/c6-5(7,8)3-1-2(4(11)12)9-10-3;/h1H,(H,9,10)(H,11,12);1H. The molecule has 4 nitrogen and oxygen atoms in total. The highest BCUT2D eigenvalue weighted by atomic mass is 35.5. The molecule has 0 aliphatic carbocycles. The molecule has 2 N–H and O–H groups in total. The number of alkyl halides is 3. The van der Waals surface area contributed by atoms with Gasteiger partial charge < -0.3 is 5.11 Å². The van der Waals surface area contributed by atoms with E-state index in [2.05, 4.69) is 5.10 Å². The van der Waals surface area contributed by atoms with Gasteiger partial charge in [0.25, 0.3) is 0 Å². The lowest BCUT2D eigenvalue weighted by atomic mass is 10.3. The minimum Gasteiger partial charge on any atom is -0.476 e. The topological polar surface area (TPSA) is 66.0 Å². The first-order valence-electron chi connectivity index (χ1n) is 2.77. The quantitative estimate of drug-likeness (QED) is 0.749. The van der Waals surface area contributed by atoms with E-state index < -0.39 is 23.5 Å². The van der Waals surface area contributed by atoms with Gasteiger partial charge in [-0.1, -0.05) is 0 Å². The molecule has 0 bridgehead atoms. The van der Waals surface area contributed by atoms with E-state index in [4.69, 9.17) is 5.11 Å². The monoisotopic (exact) mass is 216 g/mol. The first-order valence-corrected chi connectivity index (χ1v) is 2.77. The Kier molecular flexibility index (Phi) is 3.30. The minimum absolute atomic E-state index is 0. The third-order valence-corrected chi connectivity index (χ3v) is 1.10. The largest absolute Gasteiger partial charge is 0.476 e. The molecule has 0 saturated heterocycles. The molecule has 0 atom stereocenters. The summed E-state index contributed by atoms with van der Waals surface area (Å²) in [6, 6.07) is 0.433. The summed E-state index contributed by atoms with van der Waals surface area (Å²) < 4.78 is 35.4. The Bertz CT molecular complexity index is 309. The predicted octanol–water partition coefficient (Wildman–Crippen LogP) is 1.55. The first-order chi connectivity index (χ1) is 5.41. The average molecular weight is 217 g/mol. The molecule has 0 radical (unpaired) electrons. The van der Waals surface area contributed by atoms with Crippen LogP contribution in [0.15, 0.2) is 6.07 Å². The van der Waals surface area contributed by atoms with E-state index in [-0.39, 0.29) is 12.4 Å². The van der Waals surface area contributed by atoms with Crippen LogP contribution in [0.5, 0.6) is 0 Å². The predicted molar refractivity (Wildman–Crippen MR) is 37.8 cm³/mol. The van der Waals surface area contributed by atoms with Gasteiger partial charge in [0.05, 0.1) is 0 Å². The molecular formula is C5H4ClF3N2O2. The molecule has 0 fully saturated rings. The summed E-state index contributed by atoms with van der Waals surface area (Å²) in [4.78, 5) is 10.1. The van der Waals surface area contributed by atoms with Crippen molar-refractivity contribution < 1.29 is 23.1 Å². The second-order valence-electron chi connectivity index (χ2n) is 1.97. The maximum Gasteiger partial charge on any atom is 0.432 e. The maximum absolute atomic E-state index is 11.8. The van der Waals surface area contributed by atoms with Gasteiger partial charge in [0.15, 0.2) is 5.69 Å². The Morgan fingerprint density at radius 3 is 2.31 bits per heavy atom. The molecule has 1 rings (SSSR count). The number of nitrogens with one attached hydrogen (secondary N) is 1. The lowest BCUT2D eigenvalue weighted by Crippen LogP contribution is -2.04. The lowest BCUT2D eigenvalue weighted by molar-refractivity contribution is -0.141. The minimum atomic E-state index is -4.58. The van der Waals surface area contributed by atoms with Crippen molar-refractivity contribution in [1.82, 2.24) is 10.2 Å². The summed E-state index contributed by atoms with van der Waals surface area (Å²) in [5, 5.41) is 12.7. The van der Waals surface area contributed by atoms with Crippen molar-refractivity contribution in [2.75, 3.05) is 0 Å². The van der Waals surface area contributed by atoms with E-state index in [1.54, 1.807) is 5.10 Å².